The zero-order valence-electron chi connectivity index (χ0n) is 15.8. The Bertz CT molecular complexity index is 798. The van der Waals surface area contributed by atoms with Gasteiger partial charge < -0.3 is 14.8 Å². The Balaban J connectivity index is 2.14. The summed E-state index contributed by atoms with van der Waals surface area (Å²) in [5.74, 6) is 0.259. The van der Waals surface area contributed by atoms with E-state index in [1.165, 1.54) is 7.11 Å². The Morgan fingerprint density at radius 1 is 1.04 bits per heavy atom. The third-order valence-electron chi connectivity index (χ3n) is 4.13. The molecule has 0 heterocycles. The number of benzene rings is 2. The van der Waals surface area contributed by atoms with Crippen molar-refractivity contribution in [3.8, 4) is 5.75 Å². The van der Waals surface area contributed by atoms with Crippen molar-refractivity contribution in [2.75, 3.05) is 12.4 Å². The summed E-state index contributed by atoms with van der Waals surface area (Å²) >= 11 is 0. The van der Waals surface area contributed by atoms with E-state index in [0.717, 1.165) is 11.1 Å². The van der Waals surface area contributed by atoms with Crippen LogP contribution in [0.25, 0.3) is 0 Å². The van der Waals surface area contributed by atoms with Gasteiger partial charge in [0.05, 0.1) is 12.7 Å². The van der Waals surface area contributed by atoms with Gasteiger partial charge in [0, 0.05) is 5.69 Å². The Morgan fingerprint density at radius 3 is 2.38 bits per heavy atom. The molecule has 2 rings (SSSR count). The number of ether oxygens (including phenoxy) is 2. The van der Waals surface area contributed by atoms with Gasteiger partial charge >= 0.3 is 5.97 Å². The number of anilines is 1. The third-order valence-corrected chi connectivity index (χ3v) is 4.13. The van der Waals surface area contributed by atoms with E-state index >= 15 is 0 Å². The van der Waals surface area contributed by atoms with Gasteiger partial charge in [0.25, 0.3) is 5.91 Å². The van der Waals surface area contributed by atoms with Crippen LogP contribution in [0.5, 0.6) is 5.75 Å². The number of carbonyl (C=O) groups is 2. The fourth-order valence-corrected chi connectivity index (χ4v) is 2.54. The van der Waals surface area contributed by atoms with Crippen LogP contribution in [0.1, 0.15) is 48.2 Å². The molecule has 26 heavy (non-hydrogen) atoms. The van der Waals surface area contributed by atoms with Crippen molar-refractivity contribution >= 4 is 17.6 Å². The van der Waals surface area contributed by atoms with Crippen molar-refractivity contribution in [1.29, 1.82) is 0 Å². The lowest BCUT2D eigenvalue weighted by atomic mass is 10.0. The summed E-state index contributed by atoms with van der Waals surface area (Å²) in [6, 6.07) is 12.7. The maximum atomic E-state index is 12.5. The van der Waals surface area contributed by atoms with Crippen molar-refractivity contribution in [2.24, 2.45) is 0 Å². The molecule has 1 N–H and O–H groups in total. The second-order valence-corrected chi connectivity index (χ2v) is 6.46. The molecule has 0 unspecified atom stereocenters. The number of rotatable bonds is 6. The first kappa shape index (κ1) is 19.5. The molecule has 0 aliphatic heterocycles. The molecule has 0 saturated carbocycles. The van der Waals surface area contributed by atoms with Crippen molar-refractivity contribution in [1.82, 2.24) is 0 Å². The highest BCUT2D eigenvalue weighted by Gasteiger charge is 2.19. The summed E-state index contributed by atoms with van der Waals surface area (Å²) < 4.78 is 10.6. The molecule has 0 spiro atoms. The van der Waals surface area contributed by atoms with Crippen LogP contribution in [-0.4, -0.2) is 25.1 Å². The minimum Gasteiger partial charge on any atom is -0.481 e. The van der Waals surface area contributed by atoms with E-state index in [2.05, 4.69) is 19.2 Å². The number of esters is 1. The van der Waals surface area contributed by atoms with Crippen LogP contribution >= 0.6 is 0 Å². The molecular weight excluding hydrogens is 330 g/mol. The molecule has 2 aromatic carbocycles. The monoisotopic (exact) mass is 355 g/mol. The smallest absolute Gasteiger partial charge is 0.337 e. The third kappa shape index (κ3) is 4.63. The summed E-state index contributed by atoms with van der Waals surface area (Å²) in [7, 11) is 1.32. The normalized spacial score (nSPS) is 11.8. The molecule has 0 radical (unpaired) electrons. The predicted molar refractivity (Wildman–Crippen MR) is 102 cm³/mol. The van der Waals surface area contributed by atoms with Crippen LogP contribution in [0.15, 0.2) is 42.5 Å². The van der Waals surface area contributed by atoms with Crippen LogP contribution in [0.4, 0.5) is 5.69 Å². The van der Waals surface area contributed by atoms with E-state index in [4.69, 9.17) is 9.47 Å². The summed E-state index contributed by atoms with van der Waals surface area (Å²) in [6.07, 6.45) is -0.684. The molecule has 0 aromatic heterocycles. The summed E-state index contributed by atoms with van der Waals surface area (Å²) in [5.41, 5.74) is 2.84. The Hall–Kier alpha value is -2.82. The maximum absolute atomic E-state index is 12.5. The van der Waals surface area contributed by atoms with E-state index < -0.39 is 12.1 Å². The van der Waals surface area contributed by atoms with E-state index in [1.54, 1.807) is 25.1 Å². The number of methoxy groups -OCH3 is 1. The van der Waals surface area contributed by atoms with Crippen molar-refractivity contribution in [3.05, 3.63) is 59.2 Å². The number of nitrogens with one attached hydrogen (secondary N) is 1. The average Bonchev–Trinajstić information content (AvgIpc) is 2.63. The lowest BCUT2D eigenvalue weighted by Crippen LogP contribution is -2.30. The van der Waals surface area contributed by atoms with Crippen molar-refractivity contribution in [2.45, 2.75) is 39.7 Å². The lowest BCUT2D eigenvalue weighted by molar-refractivity contribution is -0.122. The van der Waals surface area contributed by atoms with Crippen LogP contribution < -0.4 is 10.1 Å². The maximum Gasteiger partial charge on any atom is 0.337 e. The molecule has 1 atom stereocenters. The molecule has 138 valence electrons. The molecule has 0 saturated heterocycles. The Labute approximate surface area is 154 Å². The van der Waals surface area contributed by atoms with Gasteiger partial charge in [-0.05, 0) is 49.1 Å². The van der Waals surface area contributed by atoms with Gasteiger partial charge in [-0.2, -0.15) is 0 Å². The van der Waals surface area contributed by atoms with Gasteiger partial charge in [-0.3, -0.25) is 4.79 Å². The molecular formula is C21H25NO4. The van der Waals surface area contributed by atoms with Gasteiger partial charge in [-0.15, -0.1) is 0 Å². The van der Waals surface area contributed by atoms with E-state index in [0.29, 0.717) is 22.9 Å². The average molecular weight is 355 g/mol. The first-order valence-electron chi connectivity index (χ1n) is 8.59. The standard InChI is InChI=1S/C21H25NO4/c1-13(2)17-8-6-7-9-19(17)26-15(4)20(23)22-18-12-16(21(24)25-5)11-10-14(18)3/h6-13,15H,1-5H3,(H,22,23)/t15-/m0/s1. The molecule has 0 bridgehead atoms. The summed E-state index contributed by atoms with van der Waals surface area (Å²) in [6.45, 7) is 7.71. The van der Waals surface area contributed by atoms with E-state index in [1.807, 2.05) is 31.2 Å². The number of hydrogen-bond donors (Lipinski definition) is 1. The fourth-order valence-electron chi connectivity index (χ4n) is 2.54. The zero-order chi connectivity index (χ0) is 19.3. The van der Waals surface area contributed by atoms with E-state index in [-0.39, 0.29) is 5.91 Å². The molecule has 5 nitrogen and oxygen atoms in total. The number of para-hydroxylation sites is 1. The fraction of sp³-hybridized carbons (Fsp3) is 0.333. The Kier molecular flexibility index (Phi) is 6.39. The van der Waals surface area contributed by atoms with Gasteiger partial charge in [0.15, 0.2) is 6.10 Å². The molecule has 2 aromatic rings. The molecule has 0 aliphatic carbocycles. The minimum absolute atomic E-state index is 0.284. The van der Waals surface area contributed by atoms with Crippen LogP contribution in [0, 0.1) is 6.92 Å². The van der Waals surface area contributed by atoms with Crippen LogP contribution in [0.3, 0.4) is 0 Å². The first-order valence-corrected chi connectivity index (χ1v) is 8.59. The van der Waals surface area contributed by atoms with Crippen LogP contribution in [-0.2, 0) is 9.53 Å². The first-order chi connectivity index (χ1) is 12.3. The zero-order valence-corrected chi connectivity index (χ0v) is 15.8. The van der Waals surface area contributed by atoms with Gasteiger partial charge in [0.1, 0.15) is 5.75 Å². The predicted octanol–water partition coefficient (Wildman–Crippen LogP) is 4.31. The van der Waals surface area contributed by atoms with Crippen molar-refractivity contribution in [3.63, 3.8) is 0 Å². The number of aryl methyl sites for hydroxylation is 1. The highest BCUT2D eigenvalue weighted by atomic mass is 16.5. The summed E-state index contributed by atoms with van der Waals surface area (Å²) in [4.78, 5) is 24.2. The lowest BCUT2D eigenvalue weighted by Gasteiger charge is -2.19. The van der Waals surface area contributed by atoms with Gasteiger partial charge in [-0.1, -0.05) is 38.1 Å². The van der Waals surface area contributed by atoms with Crippen molar-refractivity contribution < 1.29 is 19.1 Å². The second kappa shape index (κ2) is 8.52. The minimum atomic E-state index is -0.684. The highest BCUT2D eigenvalue weighted by Crippen LogP contribution is 2.27. The molecule has 0 fully saturated rings. The van der Waals surface area contributed by atoms with Gasteiger partial charge in [0.2, 0.25) is 0 Å². The SMILES string of the molecule is COC(=O)c1ccc(C)c(NC(=O)[C@H](C)Oc2ccccc2C(C)C)c1. The topological polar surface area (TPSA) is 64.6 Å². The number of hydrogen-bond acceptors (Lipinski definition) is 4. The van der Waals surface area contributed by atoms with Crippen LogP contribution in [0.2, 0.25) is 0 Å². The molecule has 1 amide bonds. The highest BCUT2D eigenvalue weighted by molar-refractivity contribution is 5.97. The second-order valence-electron chi connectivity index (χ2n) is 6.46. The quantitative estimate of drug-likeness (QED) is 0.784. The summed E-state index contributed by atoms with van der Waals surface area (Å²) in [5, 5.41) is 2.83. The largest absolute Gasteiger partial charge is 0.481 e. The van der Waals surface area contributed by atoms with E-state index in [9.17, 15) is 9.59 Å². The molecule has 0 aliphatic rings. The van der Waals surface area contributed by atoms with Gasteiger partial charge in [-0.25, -0.2) is 4.79 Å². The number of amides is 1. The number of carbonyl (C=O) groups excluding carboxylic acids is 2. The Morgan fingerprint density at radius 2 is 1.73 bits per heavy atom. The molecule has 5 heteroatoms.